The summed E-state index contributed by atoms with van der Waals surface area (Å²) in [7, 11) is 0. The first kappa shape index (κ1) is 13.8. The Hall–Kier alpha value is -2.58. The summed E-state index contributed by atoms with van der Waals surface area (Å²) in [5.41, 5.74) is 2.82. The van der Waals surface area contributed by atoms with Crippen molar-refractivity contribution < 1.29 is 8.78 Å². The number of benzene rings is 2. The van der Waals surface area contributed by atoms with Gasteiger partial charge in [0.15, 0.2) is 0 Å². The van der Waals surface area contributed by atoms with Crippen LogP contribution in [0.3, 0.4) is 0 Å². The molecule has 0 aliphatic carbocycles. The van der Waals surface area contributed by atoms with Crippen LogP contribution in [-0.4, -0.2) is 0 Å². The molecule has 0 saturated carbocycles. The molecule has 2 aromatic carbocycles. The smallest absolute Gasteiger partial charge is 0.130 e. The van der Waals surface area contributed by atoms with Crippen LogP contribution in [0.2, 0.25) is 0 Å². The Labute approximate surface area is 117 Å². The quantitative estimate of drug-likeness (QED) is 0.633. The Balaban J connectivity index is 2.37. The molecule has 2 heteroatoms. The third kappa shape index (κ3) is 2.87. The lowest BCUT2D eigenvalue weighted by Crippen LogP contribution is -1.90. The van der Waals surface area contributed by atoms with E-state index in [4.69, 9.17) is 6.42 Å². The first-order valence-corrected chi connectivity index (χ1v) is 6.06. The molecule has 20 heavy (non-hydrogen) atoms. The minimum absolute atomic E-state index is 0.00441. The van der Waals surface area contributed by atoms with Crippen molar-refractivity contribution in [1.82, 2.24) is 0 Å². The van der Waals surface area contributed by atoms with E-state index in [0.717, 1.165) is 16.7 Å². The third-order valence-corrected chi connectivity index (χ3v) is 3.01. The van der Waals surface area contributed by atoms with Crippen LogP contribution < -0.4 is 0 Å². The van der Waals surface area contributed by atoms with Crippen molar-refractivity contribution in [3.05, 3.63) is 69.8 Å². The monoisotopic (exact) mass is 266 g/mol. The molecule has 0 aromatic heterocycles. The number of hydrogen-bond acceptors (Lipinski definition) is 0. The van der Waals surface area contributed by atoms with Crippen LogP contribution in [-0.2, 0) is 0 Å². The summed E-state index contributed by atoms with van der Waals surface area (Å²) in [6, 6.07) is 7.90. The molecule has 0 fully saturated rings. The second-order valence-electron chi connectivity index (χ2n) is 4.49. The fourth-order valence-corrected chi connectivity index (χ4v) is 1.77. The molecule has 0 aliphatic rings. The van der Waals surface area contributed by atoms with Gasteiger partial charge < -0.3 is 0 Å². The average molecular weight is 266 g/mol. The highest BCUT2D eigenvalue weighted by Crippen LogP contribution is 2.14. The molecular formula is C18H12F2. The van der Waals surface area contributed by atoms with Crippen molar-refractivity contribution in [3.63, 3.8) is 0 Å². The van der Waals surface area contributed by atoms with Gasteiger partial charge in [0.1, 0.15) is 11.6 Å². The molecule has 2 rings (SSSR count). The Kier molecular flexibility index (Phi) is 3.87. The third-order valence-electron chi connectivity index (χ3n) is 3.01. The number of halogens is 2. The molecular weight excluding hydrogens is 254 g/mol. The minimum Gasteiger partial charge on any atom is -0.207 e. The van der Waals surface area contributed by atoms with Crippen molar-refractivity contribution in [2.24, 2.45) is 0 Å². The molecule has 0 saturated heterocycles. The summed E-state index contributed by atoms with van der Waals surface area (Å²) in [4.78, 5) is 0. The molecule has 0 spiro atoms. The number of hydrogen-bond donors (Lipinski definition) is 0. The highest BCUT2D eigenvalue weighted by Gasteiger charge is 2.05. The second kappa shape index (κ2) is 5.59. The fraction of sp³-hybridized carbons (Fsp3) is 0.111. The van der Waals surface area contributed by atoms with Crippen molar-refractivity contribution in [2.75, 3.05) is 0 Å². The highest BCUT2D eigenvalue weighted by molar-refractivity contribution is 5.49. The standard InChI is InChI=1S/C18H12F2/c1-4-16-8-7-14(9-12(16)2)5-6-15-10-17(19)13(3)18(20)11-15/h1,7-11H,2-3H3. The second-order valence-corrected chi connectivity index (χ2v) is 4.49. The van der Waals surface area contributed by atoms with Crippen molar-refractivity contribution in [1.29, 1.82) is 0 Å². The zero-order valence-electron chi connectivity index (χ0n) is 11.2. The Morgan fingerprint density at radius 2 is 1.50 bits per heavy atom. The molecule has 0 atom stereocenters. The Morgan fingerprint density at radius 1 is 0.900 bits per heavy atom. The van der Waals surface area contributed by atoms with E-state index in [0.29, 0.717) is 5.56 Å². The minimum atomic E-state index is -0.590. The van der Waals surface area contributed by atoms with E-state index in [2.05, 4.69) is 17.8 Å². The van der Waals surface area contributed by atoms with Gasteiger partial charge in [0, 0.05) is 22.3 Å². The Bertz CT molecular complexity index is 745. The van der Waals surface area contributed by atoms with Crippen molar-refractivity contribution in [2.45, 2.75) is 13.8 Å². The largest absolute Gasteiger partial charge is 0.207 e. The first-order valence-electron chi connectivity index (χ1n) is 6.06. The maximum atomic E-state index is 13.4. The van der Waals surface area contributed by atoms with Gasteiger partial charge in [0.25, 0.3) is 0 Å². The Morgan fingerprint density at radius 3 is 2.05 bits per heavy atom. The highest BCUT2D eigenvalue weighted by atomic mass is 19.1. The summed E-state index contributed by atoms with van der Waals surface area (Å²) in [6.07, 6.45) is 5.34. The van der Waals surface area contributed by atoms with Crippen LogP contribution in [0.25, 0.3) is 0 Å². The molecule has 0 unspecified atom stereocenters. The zero-order valence-corrected chi connectivity index (χ0v) is 11.2. The predicted octanol–water partition coefficient (Wildman–Crippen LogP) is 3.96. The molecule has 0 radical (unpaired) electrons. The van der Waals surface area contributed by atoms with Crippen LogP contribution in [0.5, 0.6) is 0 Å². The predicted molar refractivity (Wildman–Crippen MR) is 76.2 cm³/mol. The fourth-order valence-electron chi connectivity index (χ4n) is 1.77. The molecule has 98 valence electrons. The molecule has 0 N–H and O–H groups in total. The maximum absolute atomic E-state index is 13.4. The van der Waals surface area contributed by atoms with E-state index in [1.54, 1.807) is 12.1 Å². The van der Waals surface area contributed by atoms with E-state index < -0.39 is 11.6 Å². The van der Waals surface area contributed by atoms with Crippen LogP contribution in [0.1, 0.15) is 27.8 Å². The van der Waals surface area contributed by atoms with Gasteiger partial charge >= 0.3 is 0 Å². The van der Waals surface area contributed by atoms with Gasteiger partial charge in [-0.05, 0) is 49.7 Å². The SMILES string of the molecule is C#Cc1ccc(C#Cc2cc(F)c(C)c(F)c2)cc1C. The van der Waals surface area contributed by atoms with Gasteiger partial charge in [0.2, 0.25) is 0 Å². The van der Waals surface area contributed by atoms with Crippen LogP contribution in [0, 0.1) is 49.7 Å². The molecule has 0 aliphatic heterocycles. The number of terminal acetylenes is 1. The molecule has 0 bridgehead atoms. The lowest BCUT2D eigenvalue weighted by molar-refractivity contribution is 0.567. The van der Waals surface area contributed by atoms with Gasteiger partial charge in [-0.1, -0.05) is 17.8 Å². The van der Waals surface area contributed by atoms with Gasteiger partial charge in [-0.15, -0.1) is 6.42 Å². The summed E-state index contributed by atoms with van der Waals surface area (Å²) in [5, 5.41) is 0. The number of aryl methyl sites for hydroxylation is 1. The topological polar surface area (TPSA) is 0 Å². The van der Waals surface area contributed by atoms with E-state index >= 15 is 0 Å². The van der Waals surface area contributed by atoms with E-state index in [1.807, 2.05) is 13.0 Å². The maximum Gasteiger partial charge on any atom is 0.130 e. The van der Waals surface area contributed by atoms with E-state index in [9.17, 15) is 8.78 Å². The number of rotatable bonds is 0. The first-order chi connectivity index (χ1) is 9.51. The van der Waals surface area contributed by atoms with Crippen LogP contribution in [0.4, 0.5) is 8.78 Å². The van der Waals surface area contributed by atoms with Crippen molar-refractivity contribution >= 4 is 0 Å². The lowest BCUT2D eigenvalue weighted by Gasteiger charge is -2.00. The molecule has 0 heterocycles. The van der Waals surface area contributed by atoms with Gasteiger partial charge in [-0.25, -0.2) is 8.78 Å². The zero-order chi connectivity index (χ0) is 14.7. The average Bonchev–Trinajstić information content (AvgIpc) is 2.42. The van der Waals surface area contributed by atoms with E-state index in [-0.39, 0.29) is 5.56 Å². The molecule has 0 amide bonds. The van der Waals surface area contributed by atoms with Crippen LogP contribution >= 0.6 is 0 Å². The molecule has 0 nitrogen and oxygen atoms in total. The van der Waals surface area contributed by atoms with Gasteiger partial charge in [-0.3, -0.25) is 0 Å². The summed E-state index contributed by atoms with van der Waals surface area (Å²) >= 11 is 0. The molecule has 2 aromatic rings. The lowest BCUT2D eigenvalue weighted by atomic mass is 10.1. The van der Waals surface area contributed by atoms with Crippen molar-refractivity contribution in [3.8, 4) is 24.2 Å². The van der Waals surface area contributed by atoms with Gasteiger partial charge in [0.05, 0.1) is 0 Å². The van der Waals surface area contributed by atoms with Crippen LogP contribution in [0.15, 0.2) is 30.3 Å². The van der Waals surface area contributed by atoms with E-state index in [1.165, 1.54) is 19.1 Å². The normalized spacial score (nSPS) is 9.55. The summed E-state index contributed by atoms with van der Waals surface area (Å²) < 4.78 is 26.8. The summed E-state index contributed by atoms with van der Waals surface area (Å²) in [5.74, 6) is 7.02. The van der Waals surface area contributed by atoms with Gasteiger partial charge in [-0.2, -0.15) is 0 Å². The summed E-state index contributed by atoms with van der Waals surface area (Å²) in [6.45, 7) is 3.29.